The Kier molecular flexibility index (Phi) is 8.09. The van der Waals surface area contributed by atoms with Crippen molar-refractivity contribution in [2.45, 2.75) is 40.3 Å². The molecule has 0 atom stereocenters. The van der Waals surface area contributed by atoms with E-state index in [2.05, 4.69) is 56.1 Å². The third kappa shape index (κ3) is 6.25. The second kappa shape index (κ2) is 9.29. The number of methoxy groups -OCH3 is 1. The van der Waals surface area contributed by atoms with Gasteiger partial charge in [0.05, 0.1) is 6.61 Å². The average Bonchev–Trinajstić information content (AvgIpc) is 2.40. The van der Waals surface area contributed by atoms with Crippen LogP contribution in [0.3, 0.4) is 0 Å². The Hall–Kier alpha value is -0.770. The van der Waals surface area contributed by atoms with Crippen LogP contribution in [0.25, 0.3) is 0 Å². The molecule has 0 saturated carbocycles. The smallest absolute Gasteiger partial charge is 0.0637 e. The van der Waals surface area contributed by atoms with Gasteiger partial charge in [0.15, 0.2) is 0 Å². The first kappa shape index (κ1) is 18.3. The number of rotatable bonds is 9. The van der Waals surface area contributed by atoms with Crippen LogP contribution in [0.2, 0.25) is 5.02 Å². The highest BCUT2D eigenvalue weighted by Gasteiger charge is 2.12. The summed E-state index contributed by atoms with van der Waals surface area (Å²) in [6, 6.07) is 6.74. The van der Waals surface area contributed by atoms with Gasteiger partial charge in [-0.1, -0.05) is 31.5 Å². The number of anilines is 1. The van der Waals surface area contributed by atoms with Gasteiger partial charge in [-0.25, -0.2) is 0 Å². The minimum atomic E-state index is 0.418. The van der Waals surface area contributed by atoms with Crippen LogP contribution in [0, 0.1) is 5.92 Å². The van der Waals surface area contributed by atoms with Crippen LogP contribution in [0.1, 0.15) is 33.3 Å². The van der Waals surface area contributed by atoms with E-state index in [1.54, 1.807) is 7.11 Å². The SMILES string of the molecule is COCCN(c1ccc(CNCC(C)C)c(Cl)c1)C(C)C. The summed E-state index contributed by atoms with van der Waals surface area (Å²) < 4.78 is 5.19. The quantitative estimate of drug-likeness (QED) is 0.747. The summed E-state index contributed by atoms with van der Waals surface area (Å²) in [5, 5.41) is 4.26. The summed E-state index contributed by atoms with van der Waals surface area (Å²) in [6.45, 7) is 12.2. The molecule has 0 bridgehead atoms. The third-order valence-electron chi connectivity index (χ3n) is 3.40. The molecule has 0 aromatic heterocycles. The Balaban J connectivity index is 2.74. The molecular weight excluding hydrogens is 284 g/mol. The second-order valence-corrected chi connectivity index (χ2v) is 6.49. The van der Waals surface area contributed by atoms with Crippen molar-refractivity contribution in [2.24, 2.45) is 5.92 Å². The number of hydrogen-bond acceptors (Lipinski definition) is 3. The Morgan fingerprint density at radius 1 is 1.24 bits per heavy atom. The van der Waals surface area contributed by atoms with Crippen LogP contribution in [0.5, 0.6) is 0 Å². The van der Waals surface area contributed by atoms with Gasteiger partial charge < -0.3 is 15.0 Å². The van der Waals surface area contributed by atoms with Crippen molar-refractivity contribution in [1.29, 1.82) is 0 Å². The minimum Gasteiger partial charge on any atom is -0.383 e. The molecule has 0 fully saturated rings. The van der Waals surface area contributed by atoms with Crippen LogP contribution in [-0.2, 0) is 11.3 Å². The van der Waals surface area contributed by atoms with Gasteiger partial charge in [-0.2, -0.15) is 0 Å². The molecule has 1 N–H and O–H groups in total. The Morgan fingerprint density at radius 3 is 2.48 bits per heavy atom. The van der Waals surface area contributed by atoms with Crippen LogP contribution < -0.4 is 10.2 Å². The molecule has 0 amide bonds. The topological polar surface area (TPSA) is 24.5 Å². The molecule has 1 aromatic carbocycles. The van der Waals surface area contributed by atoms with E-state index in [0.29, 0.717) is 18.6 Å². The lowest BCUT2D eigenvalue weighted by atomic mass is 10.1. The molecule has 0 aliphatic rings. The van der Waals surface area contributed by atoms with Gasteiger partial charge in [0.25, 0.3) is 0 Å². The van der Waals surface area contributed by atoms with E-state index >= 15 is 0 Å². The molecule has 0 aliphatic heterocycles. The summed E-state index contributed by atoms with van der Waals surface area (Å²) in [6.07, 6.45) is 0. The summed E-state index contributed by atoms with van der Waals surface area (Å²) >= 11 is 6.43. The average molecular weight is 313 g/mol. The molecule has 0 saturated heterocycles. The van der Waals surface area contributed by atoms with Crippen molar-refractivity contribution < 1.29 is 4.74 Å². The molecule has 3 nitrogen and oxygen atoms in total. The van der Waals surface area contributed by atoms with Crippen molar-refractivity contribution in [3.8, 4) is 0 Å². The van der Waals surface area contributed by atoms with E-state index in [-0.39, 0.29) is 0 Å². The van der Waals surface area contributed by atoms with Gasteiger partial charge in [-0.3, -0.25) is 0 Å². The standard InChI is InChI=1S/C17H29ClN2O/c1-13(2)11-19-12-15-6-7-16(10-17(15)18)20(14(3)4)8-9-21-5/h6-7,10,13-14,19H,8-9,11-12H2,1-5H3. The first-order valence-electron chi connectivity index (χ1n) is 7.70. The maximum Gasteiger partial charge on any atom is 0.0637 e. The van der Waals surface area contributed by atoms with Crippen LogP contribution in [0.4, 0.5) is 5.69 Å². The first-order chi connectivity index (χ1) is 9.95. The highest BCUT2D eigenvalue weighted by molar-refractivity contribution is 6.31. The minimum absolute atomic E-state index is 0.418. The number of nitrogens with zero attached hydrogens (tertiary/aromatic N) is 1. The molecular formula is C17H29ClN2O. The van der Waals surface area contributed by atoms with E-state index in [9.17, 15) is 0 Å². The number of halogens is 1. The van der Waals surface area contributed by atoms with Gasteiger partial charge in [-0.05, 0) is 44.0 Å². The number of ether oxygens (including phenoxy) is 1. The molecule has 1 rings (SSSR count). The van der Waals surface area contributed by atoms with E-state index in [1.807, 2.05) is 0 Å². The van der Waals surface area contributed by atoms with Gasteiger partial charge in [0.1, 0.15) is 0 Å². The van der Waals surface area contributed by atoms with Crippen molar-refractivity contribution in [3.05, 3.63) is 28.8 Å². The van der Waals surface area contributed by atoms with Gasteiger partial charge in [-0.15, -0.1) is 0 Å². The normalized spacial score (nSPS) is 11.4. The molecule has 0 radical (unpaired) electrons. The highest BCUT2D eigenvalue weighted by atomic mass is 35.5. The first-order valence-corrected chi connectivity index (χ1v) is 8.08. The molecule has 0 unspecified atom stereocenters. The van der Waals surface area contributed by atoms with E-state index < -0.39 is 0 Å². The predicted molar refractivity (Wildman–Crippen MR) is 92.4 cm³/mol. The maximum absolute atomic E-state index is 6.43. The zero-order chi connectivity index (χ0) is 15.8. The lowest BCUT2D eigenvalue weighted by molar-refractivity contribution is 0.204. The van der Waals surface area contributed by atoms with Gasteiger partial charge >= 0.3 is 0 Å². The Bertz CT molecular complexity index is 421. The lowest BCUT2D eigenvalue weighted by Gasteiger charge is -2.29. The number of hydrogen-bond donors (Lipinski definition) is 1. The predicted octanol–water partition coefficient (Wildman–Crippen LogP) is 3.95. The van der Waals surface area contributed by atoms with E-state index in [4.69, 9.17) is 16.3 Å². The lowest BCUT2D eigenvalue weighted by Crippen LogP contribution is -2.33. The Morgan fingerprint density at radius 2 is 1.95 bits per heavy atom. The van der Waals surface area contributed by atoms with Crippen LogP contribution in [0.15, 0.2) is 18.2 Å². The molecule has 1 aromatic rings. The van der Waals surface area contributed by atoms with Gasteiger partial charge in [0, 0.05) is 37.0 Å². The largest absolute Gasteiger partial charge is 0.383 e. The van der Waals surface area contributed by atoms with Crippen molar-refractivity contribution >= 4 is 17.3 Å². The molecule has 0 aliphatic carbocycles. The molecule has 120 valence electrons. The van der Waals surface area contributed by atoms with Crippen molar-refractivity contribution in [3.63, 3.8) is 0 Å². The summed E-state index contributed by atoms with van der Waals surface area (Å²) in [7, 11) is 1.73. The maximum atomic E-state index is 6.43. The highest BCUT2D eigenvalue weighted by Crippen LogP contribution is 2.25. The zero-order valence-electron chi connectivity index (χ0n) is 13.9. The fraction of sp³-hybridized carbons (Fsp3) is 0.647. The van der Waals surface area contributed by atoms with Crippen LogP contribution >= 0.6 is 11.6 Å². The zero-order valence-corrected chi connectivity index (χ0v) is 14.7. The number of benzene rings is 1. The van der Waals surface area contributed by atoms with Crippen LogP contribution in [-0.4, -0.2) is 32.8 Å². The fourth-order valence-electron chi connectivity index (χ4n) is 2.23. The third-order valence-corrected chi connectivity index (χ3v) is 3.75. The second-order valence-electron chi connectivity index (χ2n) is 6.08. The molecule has 21 heavy (non-hydrogen) atoms. The van der Waals surface area contributed by atoms with Crippen molar-refractivity contribution in [2.75, 3.05) is 31.7 Å². The molecule has 4 heteroatoms. The molecule has 0 spiro atoms. The van der Waals surface area contributed by atoms with Crippen molar-refractivity contribution in [1.82, 2.24) is 5.32 Å². The fourth-order valence-corrected chi connectivity index (χ4v) is 2.47. The van der Waals surface area contributed by atoms with Gasteiger partial charge in [0.2, 0.25) is 0 Å². The Labute approximate surface area is 134 Å². The number of nitrogens with one attached hydrogen (secondary N) is 1. The molecule has 0 heterocycles. The monoisotopic (exact) mass is 312 g/mol. The summed E-state index contributed by atoms with van der Waals surface area (Å²) in [5.41, 5.74) is 2.30. The summed E-state index contributed by atoms with van der Waals surface area (Å²) in [4.78, 5) is 2.31. The van der Waals surface area contributed by atoms with E-state index in [0.717, 1.165) is 35.9 Å². The van der Waals surface area contributed by atoms with E-state index in [1.165, 1.54) is 0 Å². The summed E-state index contributed by atoms with van der Waals surface area (Å²) in [5.74, 6) is 0.647.